The molecule has 0 saturated heterocycles. The van der Waals surface area contributed by atoms with Crippen molar-refractivity contribution in [3.05, 3.63) is 51.8 Å². The van der Waals surface area contributed by atoms with Crippen LogP contribution in [-0.4, -0.2) is 4.98 Å². The van der Waals surface area contributed by atoms with Crippen LogP contribution in [0.15, 0.2) is 24.3 Å². The monoisotopic (exact) mass is 267 g/mol. The van der Waals surface area contributed by atoms with E-state index in [2.05, 4.69) is 17.1 Å². The summed E-state index contributed by atoms with van der Waals surface area (Å²) in [6, 6.07) is 11.4. The largest absolute Gasteiger partial charge is 0.256 e. The van der Waals surface area contributed by atoms with Crippen molar-refractivity contribution in [1.29, 1.82) is 10.5 Å². The van der Waals surface area contributed by atoms with Crippen LogP contribution in [0.4, 0.5) is 0 Å². The van der Waals surface area contributed by atoms with Crippen molar-refractivity contribution in [2.75, 3.05) is 0 Å². The number of aromatic nitrogens is 1. The molecule has 0 amide bonds. The van der Waals surface area contributed by atoms with Gasteiger partial charge in [0.25, 0.3) is 0 Å². The molecule has 0 saturated carbocycles. The molecule has 0 N–H and O–H groups in total. The van der Waals surface area contributed by atoms with Crippen LogP contribution in [0.1, 0.15) is 22.5 Å². The van der Waals surface area contributed by atoms with Crippen LogP contribution < -0.4 is 0 Å². The molecular formula is C15H10ClN3. The van der Waals surface area contributed by atoms with Crippen molar-refractivity contribution in [2.45, 2.75) is 13.8 Å². The lowest BCUT2D eigenvalue weighted by molar-refractivity contribution is 1.10. The number of halogens is 1. The summed E-state index contributed by atoms with van der Waals surface area (Å²) in [6.07, 6.45) is 0. The van der Waals surface area contributed by atoms with Crippen LogP contribution in [-0.2, 0) is 0 Å². The molecule has 0 spiro atoms. The maximum Gasteiger partial charge on any atom is 0.102 e. The van der Waals surface area contributed by atoms with E-state index in [4.69, 9.17) is 11.6 Å². The van der Waals surface area contributed by atoms with Crippen LogP contribution in [0.25, 0.3) is 11.1 Å². The summed E-state index contributed by atoms with van der Waals surface area (Å²) in [7, 11) is 0. The molecule has 0 aliphatic heterocycles. The van der Waals surface area contributed by atoms with E-state index in [0.29, 0.717) is 33.1 Å². The third kappa shape index (κ3) is 2.29. The topological polar surface area (TPSA) is 60.5 Å². The molecule has 0 aliphatic rings. The van der Waals surface area contributed by atoms with E-state index in [9.17, 15) is 10.5 Å². The summed E-state index contributed by atoms with van der Waals surface area (Å²) in [5.74, 6) is 0. The van der Waals surface area contributed by atoms with Crippen LogP contribution >= 0.6 is 11.6 Å². The number of hydrogen-bond donors (Lipinski definition) is 0. The highest BCUT2D eigenvalue weighted by Gasteiger charge is 2.17. The SMILES string of the molecule is Cc1nc(C)c(C#N)c(-c2ccc(Cl)cc2)c1C#N. The van der Waals surface area contributed by atoms with Crippen molar-refractivity contribution >= 4 is 11.6 Å². The van der Waals surface area contributed by atoms with Crippen molar-refractivity contribution < 1.29 is 0 Å². The van der Waals surface area contributed by atoms with Gasteiger partial charge in [-0.25, -0.2) is 0 Å². The van der Waals surface area contributed by atoms with Gasteiger partial charge in [-0.2, -0.15) is 10.5 Å². The minimum Gasteiger partial charge on any atom is -0.256 e. The molecule has 92 valence electrons. The zero-order valence-electron chi connectivity index (χ0n) is 10.5. The van der Waals surface area contributed by atoms with Gasteiger partial charge in [0.05, 0.1) is 22.5 Å². The summed E-state index contributed by atoms with van der Waals surface area (Å²) in [5.41, 5.74) is 3.56. The fourth-order valence-electron chi connectivity index (χ4n) is 2.03. The van der Waals surface area contributed by atoms with Gasteiger partial charge in [0.15, 0.2) is 0 Å². The summed E-state index contributed by atoms with van der Waals surface area (Å²) in [5, 5.41) is 19.2. The predicted molar refractivity (Wildman–Crippen MR) is 73.6 cm³/mol. The number of aryl methyl sites for hydroxylation is 2. The van der Waals surface area contributed by atoms with Crippen molar-refractivity contribution in [2.24, 2.45) is 0 Å². The molecule has 0 fully saturated rings. The van der Waals surface area contributed by atoms with Gasteiger partial charge in [0, 0.05) is 10.6 Å². The fraction of sp³-hybridized carbons (Fsp3) is 0.133. The normalized spacial score (nSPS) is 9.74. The fourth-order valence-corrected chi connectivity index (χ4v) is 2.15. The van der Waals surface area contributed by atoms with Gasteiger partial charge in [0.2, 0.25) is 0 Å². The standard InChI is InChI=1S/C15H10ClN3/c1-9-13(7-17)15(14(8-18)10(2)19-9)11-3-5-12(16)6-4-11/h3-6H,1-2H3. The van der Waals surface area contributed by atoms with Crippen molar-refractivity contribution in [3.63, 3.8) is 0 Å². The molecule has 4 heteroatoms. The Morgan fingerprint density at radius 3 is 1.84 bits per heavy atom. The smallest absolute Gasteiger partial charge is 0.102 e. The van der Waals surface area contributed by atoms with E-state index in [-0.39, 0.29) is 0 Å². The number of hydrogen-bond acceptors (Lipinski definition) is 3. The molecule has 0 bridgehead atoms. The zero-order valence-corrected chi connectivity index (χ0v) is 11.3. The highest BCUT2D eigenvalue weighted by molar-refractivity contribution is 6.30. The third-order valence-electron chi connectivity index (χ3n) is 2.92. The van der Waals surface area contributed by atoms with E-state index in [1.54, 1.807) is 38.1 Å². The lowest BCUT2D eigenvalue weighted by Gasteiger charge is -2.11. The molecule has 3 nitrogen and oxygen atoms in total. The minimum absolute atomic E-state index is 0.435. The van der Waals surface area contributed by atoms with Crippen molar-refractivity contribution in [1.82, 2.24) is 4.98 Å². The van der Waals surface area contributed by atoms with Crippen LogP contribution in [0, 0.1) is 36.5 Å². The van der Waals surface area contributed by atoms with E-state index >= 15 is 0 Å². The average Bonchev–Trinajstić information content (AvgIpc) is 2.39. The van der Waals surface area contributed by atoms with E-state index in [0.717, 1.165) is 5.56 Å². The Kier molecular flexibility index (Phi) is 3.51. The Morgan fingerprint density at radius 2 is 1.42 bits per heavy atom. The predicted octanol–water partition coefficient (Wildman–Crippen LogP) is 3.76. The number of benzene rings is 1. The molecule has 2 aromatic rings. The van der Waals surface area contributed by atoms with Gasteiger partial charge in [-0.1, -0.05) is 23.7 Å². The lowest BCUT2D eigenvalue weighted by atomic mass is 9.94. The van der Waals surface area contributed by atoms with Crippen LogP contribution in [0.2, 0.25) is 5.02 Å². The van der Waals surface area contributed by atoms with Gasteiger partial charge in [0.1, 0.15) is 12.1 Å². The molecule has 0 unspecified atom stereocenters. The molecule has 0 radical (unpaired) electrons. The summed E-state index contributed by atoms with van der Waals surface area (Å²) >= 11 is 5.87. The second-order valence-electron chi connectivity index (χ2n) is 4.14. The Hall–Kier alpha value is -2.36. The van der Waals surface area contributed by atoms with Crippen LogP contribution in [0.5, 0.6) is 0 Å². The van der Waals surface area contributed by atoms with Gasteiger partial charge < -0.3 is 0 Å². The van der Waals surface area contributed by atoms with Crippen molar-refractivity contribution in [3.8, 4) is 23.3 Å². The number of pyridine rings is 1. The highest BCUT2D eigenvalue weighted by atomic mass is 35.5. The van der Waals surface area contributed by atoms with Gasteiger partial charge in [-0.15, -0.1) is 0 Å². The Bertz CT molecular complexity index is 681. The molecule has 19 heavy (non-hydrogen) atoms. The number of nitriles is 2. The Labute approximate surface area is 116 Å². The Balaban J connectivity index is 2.85. The molecule has 0 atom stereocenters. The number of rotatable bonds is 1. The van der Waals surface area contributed by atoms with E-state index in [1.165, 1.54) is 0 Å². The molecule has 1 aromatic heterocycles. The highest BCUT2D eigenvalue weighted by Crippen LogP contribution is 2.30. The summed E-state index contributed by atoms with van der Waals surface area (Å²) in [6.45, 7) is 3.54. The number of nitrogens with zero attached hydrogens (tertiary/aromatic N) is 3. The second kappa shape index (κ2) is 5.10. The molecule has 0 aliphatic carbocycles. The first-order valence-electron chi connectivity index (χ1n) is 5.65. The maximum atomic E-state index is 9.30. The first kappa shape index (κ1) is 13.1. The minimum atomic E-state index is 0.435. The molecular weight excluding hydrogens is 258 g/mol. The van der Waals surface area contributed by atoms with E-state index < -0.39 is 0 Å². The Morgan fingerprint density at radius 1 is 0.947 bits per heavy atom. The lowest BCUT2D eigenvalue weighted by Crippen LogP contribution is -2.00. The van der Waals surface area contributed by atoms with E-state index in [1.807, 2.05) is 0 Å². The molecule has 2 rings (SSSR count). The molecule has 1 aromatic carbocycles. The first-order chi connectivity index (χ1) is 9.08. The third-order valence-corrected chi connectivity index (χ3v) is 3.17. The van der Waals surface area contributed by atoms with Gasteiger partial charge >= 0.3 is 0 Å². The summed E-state index contributed by atoms with van der Waals surface area (Å²) in [4.78, 5) is 4.25. The maximum absolute atomic E-state index is 9.30. The molecule has 1 heterocycles. The van der Waals surface area contributed by atoms with Gasteiger partial charge in [-0.3, -0.25) is 4.98 Å². The average molecular weight is 268 g/mol. The second-order valence-corrected chi connectivity index (χ2v) is 4.57. The van der Waals surface area contributed by atoms with Gasteiger partial charge in [-0.05, 0) is 31.5 Å². The summed E-state index contributed by atoms with van der Waals surface area (Å²) < 4.78 is 0. The van der Waals surface area contributed by atoms with Crippen LogP contribution in [0.3, 0.4) is 0 Å². The quantitative estimate of drug-likeness (QED) is 0.790. The zero-order chi connectivity index (χ0) is 14.0. The first-order valence-corrected chi connectivity index (χ1v) is 6.03.